The van der Waals surface area contributed by atoms with E-state index >= 15 is 0 Å². The lowest BCUT2D eigenvalue weighted by atomic mass is 10.0. The molecule has 8 nitrogen and oxygen atoms in total. The summed E-state index contributed by atoms with van der Waals surface area (Å²) in [5.74, 6) is 1.04. The first kappa shape index (κ1) is 23.0. The van der Waals surface area contributed by atoms with Gasteiger partial charge in [-0.25, -0.2) is 14.6 Å². The fourth-order valence-electron chi connectivity index (χ4n) is 4.29. The summed E-state index contributed by atoms with van der Waals surface area (Å²) in [4.78, 5) is 24.7. The minimum Gasteiger partial charge on any atom is -0.497 e. The van der Waals surface area contributed by atoms with E-state index in [0.29, 0.717) is 28.8 Å². The molecule has 0 atom stereocenters. The third-order valence-electron chi connectivity index (χ3n) is 5.94. The number of hydrogen-bond acceptors (Lipinski definition) is 7. The van der Waals surface area contributed by atoms with Crippen molar-refractivity contribution < 1.29 is 9.53 Å². The Balaban J connectivity index is 1.53. The zero-order chi connectivity index (χ0) is 24.4. The molecular formula is C26H26N6O2S. The summed E-state index contributed by atoms with van der Waals surface area (Å²) < 4.78 is 7.01. The van der Waals surface area contributed by atoms with Crippen LogP contribution in [0, 0.1) is 13.8 Å². The molecule has 1 aliphatic heterocycles. The average molecular weight is 487 g/mol. The number of benzene rings is 2. The van der Waals surface area contributed by atoms with Gasteiger partial charge in [-0.2, -0.15) is 0 Å². The quantitative estimate of drug-likeness (QED) is 0.291. The van der Waals surface area contributed by atoms with Crippen molar-refractivity contribution in [1.82, 2.24) is 25.0 Å². The van der Waals surface area contributed by atoms with Crippen LogP contribution in [0.1, 0.15) is 39.6 Å². The molecule has 1 amide bonds. The van der Waals surface area contributed by atoms with Crippen LogP contribution in [0.3, 0.4) is 0 Å². The van der Waals surface area contributed by atoms with Gasteiger partial charge in [0, 0.05) is 29.4 Å². The minimum atomic E-state index is -0.145. The lowest BCUT2D eigenvalue weighted by Gasteiger charge is -2.29. The number of hydrogen-bond donors (Lipinski definition) is 0. The number of para-hydroxylation sites is 1. The van der Waals surface area contributed by atoms with Crippen molar-refractivity contribution in [2.45, 2.75) is 37.6 Å². The van der Waals surface area contributed by atoms with Crippen molar-refractivity contribution in [1.29, 1.82) is 0 Å². The first-order chi connectivity index (χ1) is 17.0. The Morgan fingerprint density at radius 2 is 1.80 bits per heavy atom. The molecular weight excluding hydrogens is 460 g/mol. The van der Waals surface area contributed by atoms with Crippen LogP contribution in [-0.2, 0) is 12.2 Å². The summed E-state index contributed by atoms with van der Waals surface area (Å²) in [5, 5.41) is 9.41. The van der Waals surface area contributed by atoms with Gasteiger partial charge in [0.2, 0.25) is 0 Å². The van der Waals surface area contributed by atoms with E-state index in [1.165, 1.54) is 17.3 Å². The molecule has 1 aliphatic rings. The lowest BCUT2D eigenvalue weighted by molar-refractivity contribution is 0.0979. The van der Waals surface area contributed by atoms with Crippen LogP contribution in [0.2, 0.25) is 0 Å². The van der Waals surface area contributed by atoms with Crippen molar-refractivity contribution in [2.75, 3.05) is 18.6 Å². The molecule has 0 saturated heterocycles. The summed E-state index contributed by atoms with van der Waals surface area (Å²) in [6, 6.07) is 17.5. The highest BCUT2D eigenvalue weighted by Gasteiger charge is 2.29. The Labute approximate surface area is 208 Å². The van der Waals surface area contributed by atoms with Gasteiger partial charge in [0.1, 0.15) is 5.75 Å². The second-order valence-electron chi connectivity index (χ2n) is 8.41. The Kier molecular flexibility index (Phi) is 6.50. The molecule has 0 bridgehead atoms. The number of ether oxygens (including phenoxy) is 1. The standard InChI is InChI=1S/C26H26N6O2S/c1-17-15-18(2)28-26(27-17)35-16-23-24(29-30-32(23)20-10-12-21(34-3)13-11-20)25(33)31-14-6-8-19-7-4-5-9-22(19)31/h4-5,7,9-13,15H,6,8,14,16H2,1-3H3. The summed E-state index contributed by atoms with van der Waals surface area (Å²) in [5.41, 5.74) is 5.78. The monoisotopic (exact) mass is 486 g/mol. The highest BCUT2D eigenvalue weighted by Crippen LogP contribution is 2.30. The largest absolute Gasteiger partial charge is 0.497 e. The van der Waals surface area contributed by atoms with E-state index in [9.17, 15) is 4.79 Å². The van der Waals surface area contributed by atoms with Gasteiger partial charge in [-0.1, -0.05) is 35.2 Å². The van der Waals surface area contributed by atoms with Gasteiger partial charge in [-0.3, -0.25) is 4.79 Å². The molecule has 0 radical (unpaired) electrons. The van der Waals surface area contributed by atoms with Crippen molar-refractivity contribution in [2.24, 2.45) is 0 Å². The Bertz CT molecular complexity index is 1350. The number of amides is 1. The number of methoxy groups -OCH3 is 1. The number of rotatable bonds is 6. The number of nitrogens with zero attached hydrogens (tertiary/aromatic N) is 6. The topological polar surface area (TPSA) is 86.0 Å². The van der Waals surface area contributed by atoms with E-state index in [4.69, 9.17) is 4.74 Å². The number of anilines is 1. The summed E-state index contributed by atoms with van der Waals surface area (Å²) in [6.45, 7) is 4.55. The van der Waals surface area contributed by atoms with Gasteiger partial charge in [-0.05, 0) is 68.7 Å². The maximum absolute atomic E-state index is 13.8. The molecule has 0 fully saturated rings. The van der Waals surface area contributed by atoms with Crippen LogP contribution in [0.15, 0.2) is 59.8 Å². The molecule has 9 heteroatoms. The Hall–Kier alpha value is -3.72. The smallest absolute Gasteiger partial charge is 0.280 e. The first-order valence-electron chi connectivity index (χ1n) is 11.5. The molecule has 0 aliphatic carbocycles. The second kappa shape index (κ2) is 9.87. The van der Waals surface area contributed by atoms with E-state index in [1.54, 1.807) is 11.8 Å². The minimum absolute atomic E-state index is 0.145. The number of thioether (sulfide) groups is 1. The number of carbonyl (C=O) groups is 1. The van der Waals surface area contributed by atoms with Crippen molar-refractivity contribution in [3.8, 4) is 11.4 Å². The Morgan fingerprint density at radius 1 is 1.06 bits per heavy atom. The highest BCUT2D eigenvalue weighted by atomic mass is 32.2. The van der Waals surface area contributed by atoms with Gasteiger partial charge >= 0.3 is 0 Å². The predicted octanol–water partition coefficient (Wildman–Crippen LogP) is 4.57. The summed E-state index contributed by atoms with van der Waals surface area (Å²) in [6.07, 6.45) is 1.88. The first-order valence-corrected chi connectivity index (χ1v) is 12.5. The van der Waals surface area contributed by atoms with Crippen LogP contribution in [0.25, 0.3) is 5.69 Å². The molecule has 5 rings (SSSR count). The molecule has 0 N–H and O–H groups in total. The normalized spacial score (nSPS) is 12.9. The van der Waals surface area contributed by atoms with E-state index in [2.05, 4.69) is 26.3 Å². The molecule has 0 unspecified atom stereocenters. The lowest BCUT2D eigenvalue weighted by Crippen LogP contribution is -2.36. The van der Waals surface area contributed by atoms with E-state index in [-0.39, 0.29) is 5.91 Å². The number of aryl methyl sites for hydroxylation is 3. The van der Waals surface area contributed by atoms with Crippen molar-refractivity contribution in [3.05, 3.63) is 82.9 Å². The van der Waals surface area contributed by atoms with E-state index in [1.807, 2.05) is 67.3 Å². The molecule has 4 aromatic rings. The molecule has 2 aromatic carbocycles. The van der Waals surface area contributed by atoms with Gasteiger partial charge in [0.05, 0.1) is 18.5 Å². The van der Waals surface area contributed by atoms with Crippen LogP contribution < -0.4 is 9.64 Å². The molecule has 178 valence electrons. The molecule has 35 heavy (non-hydrogen) atoms. The second-order valence-corrected chi connectivity index (χ2v) is 9.35. The van der Waals surface area contributed by atoms with E-state index < -0.39 is 0 Å². The maximum atomic E-state index is 13.8. The third-order valence-corrected chi connectivity index (χ3v) is 6.80. The average Bonchev–Trinajstić information content (AvgIpc) is 3.30. The van der Waals surface area contributed by atoms with Crippen LogP contribution in [-0.4, -0.2) is 44.5 Å². The van der Waals surface area contributed by atoms with Gasteiger partial charge in [-0.15, -0.1) is 5.10 Å². The number of carbonyl (C=O) groups excluding carboxylic acids is 1. The van der Waals surface area contributed by atoms with Gasteiger partial charge in [0.25, 0.3) is 5.91 Å². The van der Waals surface area contributed by atoms with Crippen LogP contribution >= 0.6 is 11.8 Å². The zero-order valence-corrected chi connectivity index (χ0v) is 20.7. The fourth-order valence-corrected chi connectivity index (χ4v) is 5.23. The van der Waals surface area contributed by atoms with Crippen LogP contribution in [0.4, 0.5) is 5.69 Å². The van der Waals surface area contributed by atoms with Gasteiger partial charge < -0.3 is 9.64 Å². The van der Waals surface area contributed by atoms with Crippen molar-refractivity contribution in [3.63, 3.8) is 0 Å². The van der Waals surface area contributed by atoms with Gasteiger partial charge in [0.15, 0.2) is 10.9 Å². The third kappa shape index (κ3) is 4.77. The highest BCUT2D eigenvalue weighted by molar-refractivity contribution is 7.98. The fraction of sp³-hybridized carbons (Fsp3) is 0.269. The molecule has 2 aromatic heterocycles. The zero-order valence-electron chi connectivity index (χ0n) is 19.9. The molecule has 0 spiro atoms. The number of fused-ring (bicyclic) bond motifs is 1. The molecule has 3 heterocycles. The predicted molar refractivity (Wildman–Crippen MR) is 135 cm³/mol. The summed E-state index contributed by atoms with van der Waals surface area (Å²) >= 11 is 1.47. The van der Waals surface area contributed by atoms with E-state index in [0.717, 1.165) is 41.4 Å². The Morgan fingerprint density at radius 3 is 2.54 bits per heavy atom. The number of aromatic nitrogens is 5. The summed E-state index contributed by atoms with van der Waals surface area (Å²) in [7, 11) is 1.63. The maximum Gasteiger partial charge on any atom is 0.280 e. The molecule has 0 saturated carbocycles. The SMILES string of the molecule is COc1ccc(-n2nnc(C(=O)N3CCCc4ccccc43)c2CSc2nc(C)cc(C)n2)cc1. The van der Waals surface area contributed by atoms with Crippen LogP contribution in [0.5, 0.6) is 5.75 Å². The van der Waals surface area contributed by atoms with Crippen molar-refractivity contribution >= 4 is 23.4 Å².